The number of ether oxygens (including phenoxy) is 1. The van der Waals surface area contributed by atoms with Crippen molar-refractivity contribution in [3.63, 3.8) is 0 Å². The van der Waals surface area contributed by atoms with Gasteiger partial charge < -0.3 is 10.5 Å². The molecule has 2 aromatic carbocycles. The Morgan fingerprint density at radius 2 is 1.86 bits per heavy atom. The molecule has 0 aliphatic carbocycles. The lowest BCUT2D eigenvalue weighted by molar-refractivity contribution is 0.142. The second kappa shape index (κ2) is 8.41. The maximum absolute atomic E-state index is 13.7. The van der Waals surface area contributed by atoms with E-state index in [1.54, 1.807) is 30.5 Å². The van der Waals surface area contributed by atoms with Gasteiger partial charge in [-0.05, 0) is 73.7 Å². The zero-order valence-electron chi connectivity index (χ0n) is 16.8. The Bertz CT molecular complexity index is 999. The fourth-order valence-electron chi connectivity index (χ4n) is 3.58. The molecule has 3 nitrogen and oxygen atoms in total. The third-order valence-corrected chi connectivity index (χ3v) is 4.66. The molecule has 6 heteroatoms. The minimum Gasteiger partial charge on any atom is -0.493 e. The van der Waals surface area contributed by atoms with Gasteiger partial charge in [0.05, 0.1) is 17.7 Å². The van der Waals surface area contributed by atoms with Crippen molar-refractivity contribution in [2.75, 3.05) is 6.61 Å². The van der Waals surface area contributed by atoms with Crippen LogP contribution in [-0.2, 0) is 0 Å². The number of hydrogen-bond donors (Lipinski definition) is 1. The highest BCUT2D eigenvalue weighted by molar-refractivity contribution is 5.94. The summed E-state index contributed by atoms with van der Waals surface area (Å²) in [6.07, 6.45) is -0.405. The molecule has 3 aromatic rings. The fourth-order valence-corrected chi connectivity index (χ4v) is 3.58. The van der Waals surface area contributed by atoms with Gasteiger partial charge in [0.25, 0.3) is 6.43 Å². The molecule has 1 heterocycles. The summed E-state index contributed by atoms with van der Waals surface area (Å²) in [7, 11) is 0. The molecule has 1 unspecified atom stereocenters. The van der Waals surface area contributed by atoms with Gasteiger partial charge in [-0.3, -0.25) is 4.98 Å². The van der Waals surface area contributed by atoms with Crippen molar-refractivity contribution in [2.45, 2.75) is 39.2 Å². The second-order valence-corrected chi connectivity index (χ2v) is 8.18. The number of nitrogens with zero attached hydrogens (tertiary/aromatic N) is 1. The molecule has 1 atom stereocenters. The molecule has 1 aromatic heterocycles. The third kappa shape index (κ3) is 5.26. The Balaban J connectivity index is 1.92. The number of aromatic nitrogens is 1. The van der Waals surface area contributed by atoms with E-state index >= 15 is 0 Å². The van der Waals surface area contributed by atoms with Crippen LogP contribution in [0.5, 0.6) is 5.75 Å². The van der Waals surface area contributed by atoms with Crippen molar-refractivity contribution in [1.82, 2.24) is 4.98 Å². The zero-order chi connectivity index (χ0) is 21.2. The molecule has 0 radical (unpaired) electrons. The van der Waals surface area contributed by atoms with Crippen LogP contribution in [0.25, 0.3) is 22.0 Å². The molecule has 154 valence electrons. The minimum absolute atomic E-state index is 0.118. The van der Waals surface area contributed by atoms with Crippen LogP contribution in [-0.4, -0.2) is 17.1 Å². The molecule has 0 aliphatic heterocycles. The summed E-state index contributed by atoms with van der Waals surface area (Å²) in [5.74, 6) is -0.139. The number of pyridine rings is 1. The highest BCUT2D eigenvalue weighted by Gasteiger charge is 2.20. The first-order valence-corrected chi connectivity index (χ1v) is 9.52. The van der Waals surface area contributed by atoms with E-state index in [9.17, 15) is 13.2 Å². The summed E-state index contributed by atoms with van der Waals surface area (Å²) in [6.45, 7) is 6.11. The summed E-state index contributed by atoms with van der Waals surface area (Å²) in [4.78, 5) is 4.21. The Morgan fingerprint density at radius 1 is 1.10 bits per heavy atom. The number of alkyl halides is 2. The molecule has 0 fully saturated rings. The molecule has 0 saturated heterocycles. The topological polar surface area (TPSA) is 48.1 Å². The number of hydrogen-bond acceptors (Lipinski definition) is 3. The average molecular weight is 402 g/mol. The lowest BCUT2D eigenvalue weighted by Crippen LogP contribution is -2.35. The standard InChI is InChI=1S/C23H25F3N2O/c1-14(12-23(2,3)27)13-29-21-7-4-15(10-19(21)22(25)26)17-8-9-28-20-6-5-16(24)11-18(17)20/h4-11,14,22H,12-13,27H2,1-3H3. The van der Waals surface area contributed by atoms with E-state index in [1.165, 1.54) is 18.2 Å². The van der Waals surface area contributed by atoms with Gasteiger partial charge >= 0.3 is 0 Å². The first kappa shape index (κ1) is 21.1. The highest BCUT2D eigenvalue weighted by Crippen LogP contribution is 2.36. The zero-order valence-corrected chi connectivity index (χ0v) is 16.8. The van der Waals surface area contributed by atoms with Gasteiger partial charge in [-0.1, -0.05) is 13.0 Å². The van der Waals surface area contributed by atoms with Crippen LogP contribution >= 0.6 is 0 Å². The van der Waals surface area contributed by atoms with Crippen LogP contribution in [0.1, 0.15) is 39.2 Å². The predicted molar refractivity (Wildman–Crippen MR) is 110 cm³/mol. The summed E-state index contributed by atoms with van der Waals surface area (Å²) >= 11 is 0. The SMILES string of the molecule is CC(COc1ccc(-c2ccnc3ccc(F)cc23)cc1C(F)F)CC(C)(C)N. The smallest absolute Gasteiger partial charge is 0.267 e. The van der Waals surface area contributed by atoms with E-state index in [2.05, 4.69) is 4.98 Å². The average Bonchev–Trinajstić information content (AvgIpc) is 2.64. The number of fused-ring (bicyclic) bond motifs is 1. The molecular weight excluding hydrogens is 377 g/mol. The minimum atomic E-state index is -2.70. The summed E-state index contributed by atoms with van der Waals surface area (Å²) < 4.78 is 46.9. The van der Waals surface area contributed by atoms with E-state index < -0.39 is 12.2 Å². The van der Waals surface area contributed by atoms with Crippen molar-refractivity contribution in [3.8, 4) is 16.9 Å². The molecule has 0 spiro atoms. The monoisotopic (exact) mass is 402 g/mol. The van der Waals surface area contributed by atoms with Gasteiger partial charge in [0.15, 0.2) is 0 Å². The summed E-state index contributed by atoms with van der Waals surface area (Å²) in [6, 6.07) is 10.6. The lowest BCUT2D eigenvalue weighted by Gasteiger charge is -2.24. The lowest BCUT2D eigenvalue weighted by atomic mass is 9.93. The molecule has 2 N–H and O–H groups in total. The van der Waals surface area contributed by atoms with Crippen LogP contribution < -0.4 is 10.5 Å². The van der Waals surface area contributed by atoms with Crippen molar-refractivity contribution in [1.29, 1.82) is 0 Å². The second-order valence-electron chi connectivity index (χ2n) is 8.18. The van der Waals surface area contributed by atoms with Crippen LogP contribution in [0.3, 0.4) is 0 Å². The first-order valence-electron chi connectivity index (χ1n) is 9.52. The van der Waals surface area contributed by atoms with E-state index in [0.717, 1.165) is 0 Å². The van der Waals surface area contributed by atoms with Gasteiger partial charge in [0, 0.05) is 17.1 Å². The fraction of sp³-hybridized carbons (Fsp3) is 0.348. The molecule has 0 aliphatic rings. The van der Waals surface area contributed by atoms with Crippen LogP contribution in [0.2, 0.25) is 0 Å². The van der Waals surface area contributed by atoms with Crippen molar-refractivity contribution >= 4 is 10.9 Å². The Morgan fingerprint density at radius 3 is 2.55 bits per heavy atom. The van der Waals surface area contributed by atoms with Gasteiger partial charge in [-0.2, -0.15) is 0 Å². The molecule has 0 amide bonds. The third-order valence-electron chi connectivity index (χ3n) is 4.66. The quantitative estimate of drug-likeness (QED) is 0.518. The van der Waals surface area contributed by atoms with Crippen LogP contribution in [0, 0.1) is 11.7 Å². The van der Waals surface area contributed by atoms with Gasteiger partial charge in [-0.25, -0.2) is 13.2 Å². The van der Waals surface area contributed by atoms with Crippen molar-refractivity contribution in [3.05, 3.63) is 60.0 Å². The van der Waals surface area contributed by atoms with E-state index in [0.29, 0.717) is 35.1 Å². The normalized spacial score (nSPS) is 13.1. The number of halogens is 3. The maximum Gasteiger partial charge on any atom is 0.267 e. The molecule has 3 rings (SSSR count). The van der Waals surface area contributed by atoms with E-state index in [1.807, 2.05) is 20.8 Å². The van der Waals surface area contributed by atoms with Crippen LogP contribution in [0.15, 0.2) is 48.7 Å². The van der Waals surface area contributed by atoms with Gasteiger partial charge in [0.1, 0.15) is 11.6 Å². The molecular formula is C23H25F3N2O. The number of nitrogens with two attached hydrogens (primary N) is 1. The summed E-state index contributed by atoms with van der Waals surface area (Å²) in [5, 5.41) is 0.570. The van der Waals surface area contributed by atoms with E-state index in [-0.39, 0.29) is 22.8 Å². The Kier molecular flexibility index (Phi) is 6.13. The van der Waals surface area contributed by atoms with Crippen LogP contribution in [0.4, 0.5) is 13.2 Å². The van der Waals surface area contributed by atoms with E-state index in [4.69, 9.17) is 10.5 Å². The summed E-state index contributed by atoms with van der Waals surface area (Å²) in [5.41, 5.74) is 7.27. The molecule has 0 saturated carbocycles. The van der Waals surface area contributed by atoms with Gasteiger partial charge in [-0.15, -0.1) is 0 Å². The maximum atomic E-state index is 13.7. The van der Waals surface area contributed by atoms with Crippen molar-refractivity contribution in [2.24, 2.45) is 11.7 Å². The highest BCUT2D eigenvalue weighted by atomic mass is 19.3. The Hall–Kier alpha value is -2.60. The number of benzene rings is 2. The predicted octanol–water partition coefficient (Wildman–Crippen LogP) is 6.12. The molecule has 29 heavy (non-hydrogen) atoms. The van der Waals surface area contributed by atoms with Gasteiger partial charge in [0.2, 0.25) is 0 Å². The first-order chi connectivity index (χ1) is 13.6. The number of rotatable bonds is 7. The van der Waals surface area contributed by atoms with Crippen molar-refractivity contribution < 1.29 is 17.9 Å². The largest absolute Gasteiger partial charge is 0.493 e. The molecule has 0 bridgehead atoms. The Labute approximate surface area is 168 Å².